The van der Waals surface area contributed by atoms with Crippen molar-refractivity contribution in [2.24, 2.45) is 17.6 Å². The molecule has 0 heterocycles. The van der Waals surface area contributed by atoms with Gasteiger partial charge in [0.1, 0.15) is 5.84 Å². The minimum absolute atomic E-state index is 0.0952. The zero-order valence-electron chi connectivity index (χ0n) is 8.17. The van der Waals surface area contributed by atoms with Crippen LogP contribution >= 0.6 is 0 Å². The molecule has 3 heteroatoms. The zero-order chi connectivity index (χ0) is 9.30. The Morgan fingerprint density at radius 2 is 2.25 bits per heavy atom. The summed E-state index contributed by atoms with van der Waals surface area (Å²) in [5.74, 6) is 1.99. The van der Waals surface area contributed by atoms with E-state index in [1.54, 1.807) is 0 Å². The second-order valence-electron chi connectivity index (χ2n) is 4.04. The van der Waals surface area contributed by atoms with Gasteiger partial charge in [0.2, 0.25) is 0 Å². The van der Waals surface area contributed by atoms with E-state index in [1.807, 2.05) is 14.0 Å². The summed E-state index contributed by atoms with van der Waals surface area (Å²) in [7, 11) is 2.04. The molecular weight excluding hydrogens is 150 g/mol. The standard InChI is InChI=1S/C9H19N3/c1-6-4-8(6)5-12(3)7(2)9(10)11/h6-8H,4-5H2,1-3H3,(H3,10,11). The fraction of sp³-hybridized carbons (Fsp3) is 0.889. The molecule has 0 bridgehead atoms. The van der Waals surface area contributed by atoms with Crippen LogP contribution in [0.5, 0.6) is 0 Å². The Morgan fingerprint density at radius 1 is 1.75 bits per heavy atom. The fourth-order valence-corrected chi connectivity index (χ4v) is 1.42. The van der Waals surface area contributed by atoms with Crippen molar-refractivity contribution < 1.29 is 0 Å². The van der Waals surface area contributed by atoms with Gasteiger partial charge in [0.05, 0.1) is 6.04 Å². The molecule has 0 amide bonds. The van der Waals surface area contributed by atoms with E-state index >= 15 is 0 Å². The van der Waals surface area contributed by atoms with E-state index in [1.165, 1.54) is 6.42 Å². The second kappa shape index (κ2) is 3.44. The van der Waals surface area contributed by atoms with Gasteiger partial charge in [-0.25, -0.2) is 0 Å². The quantitative estimate of drug-likeness (QED) is 0.485. The van der Waals surface area contributed by atoms with Crippen LogP contribution in [0.15, 0.2) is 0 Å². The van der Waals surface area contributed by atoms with Crippen LogP contribution in [0.1, 0.15) is 20.3 Å². The van der Waals surface area contributed by atoms with Crippen molar-refractivity contribution in [1.29, 1.82) is 5.41 Å². The predicted octanol–water partition coefficient (Wildman–Crippen LogP) is 0.899. The monoisotopic (exact) mass is 169 g/mol. The molecule has 0 aromatic carbocycles. The van der Waals surface area contributed by atoms with Gasteiger partial charge in [0.15, 0.2) is 0 Å². The van der Waals surface area contributed by atoms with Crippen LogP contribution in [0, 0.1) is 17.2 Å². The van der Waals surface area contributed by atoms with Crippen molar-refractivity contribution in [3.8, 4) is 0 Å². The van der Waals surface area contributed by atoms with Gasteiger partial charge < -0.3 is 5.73 Å². The summed E-state index contributed by atoms with van der Waals surface area (Å²) in [5.41, 5.74) is 5.41. The minimum atomic E-state index is 0.0952. The lowest BCUT2D eigenvalue weighted by Crippen LogP contribution is -2.40. The lowest BCUT2D eigenvalue weighted by molar-refractivity contribution is 0.292. The number of rotatable bonds is 4. The summed E-state index contributed by atoms with van der Waals surface area (Å²) in [6.45, 7) is 5.34. The molecule has 0 spiro atoms. The van der Waals surface area contributed by atoms with Crippen molar-refractivity contribution in [3.05, 3.63) is 0 Å². The van der Waals surface area contributed by atoms with E-state index in [0.29, 0.717) is 0 Å². The molecule has 1 saturated carbocycles. The molecular formula is C9H19N3. The summed E-state index contributed by atoms with van der Waals surface area (Å²) < 4.78 is 0. The summed E-state index contributed by atoms with van der Waals surface area (Å²) in [5, 5.41) is 7.28. The lowest BCUT2D eigenvalue weighted by Gasteiger charge is -2.23. The smallest absolute Gasteiger partial charge is 0.108 e. The van der Waals surface area contributed by atoms with Crippen LogP contribution in [0.3, 0.4) is 0 Å². The molecule has 0 radical (unpaired) electrons. The molecule has 3 unspecified atom stereocenters. The molecule has 1 aliphatic rings. The van der Waals surface area contributed by atoms with Crippen LogP contribution in [0.2, 0.25) is 0 Å². The second-order valence-corrected chi connectivity index (χ2v) is 4.04. The highest BCUT2D eigenvalue weighted by Crippen LogP contribution is 2.38. The third kappa shape index (κ3) is 2.21. The molecule has 1 fully saturated rings. The van der Waals surface area contributed by atoms with Crippen LogP contribution in [-0.2, 0) is 0 Å². The van der Waals surface area contributed by atoms with Gasteiger partial charge in [-0.1, -0.05) is 6.92 Å². The molecule has 0 aliphatic heterocycles. The Morgan fingerprint density at radius 3 is 2.58 bits per heavy atom. The van der Waals surface area contributed by atoms with Gasteiger partial charge in [-0.05, 0) is 32.2 Å². The first-order valence-electron chi connectivity index (χ1n) is 4.56. The molecule has 3 N–H and O–H groups in total. The number of nitrogens with two attached hydrogens (primary N) is 1. The molecule has 0 aromatic rings. The average molecular weight is 169 g/mol. The number of hydrogen-bond acceptors (Lipinski definition) is 2. The number of nitrogens with one attached hydrogen (secondary N) is 1. The summed E-state index contributed by atoms with van der Waals surface area (Å²) in [4.78, 5) is 2.16. The third-order valence-electron chi connectivity index (χ3n) is 2.91. The molecule has 0 saturated heterocycles. The first-order chi connectivity index (χ1) is 5.52. The van der Waals surface area contributed by atoms with Gasteiger partial charge in [-0.3, -0.25) is 10.3 Å². The highest BCUT2D eigenvalue weighted by Gasteiger charge is 2.34. The van der Waals surface area contributed by atoms with Gasteiger partial charge in [-0.15, -0.1) is 0 Å². The normalized spacial score (nSPS) is 30.3. The van der Waals surface area contributed by atoms with Crippen LogP contribution < -0.4 is 5.73 Å². The Kier molecular flexibility index (Phi) is 2.73. The molecule has 3 nitrogen and oxygen atoms in total. The van der Waals surface area contributed by atoms with Crippen molar-refractivity contribution in [1.82, 2.24) is 4.90 Å². The molecule has 1 rings (SSSR count). The average Bonchev–Trinajstić information content (AvgIpc) is 2.64. The number of hydrogen-bond donors (Lipinski definition) is 2. The number of nitrogens with zero attached hydrogens (tertiary/aromatic N) is 1. The summed E-state index contributed by atoms with van der Waals surface area (Å²) in [6.07, 6.45) is 1.34. The Hall–Kier alpha value is -0.570. The summed E-state index contributed by atoms with van der Waals surface area (Å²) in [6, 6.07) is 0.0952. The van der Waals surface area contributed by atoms with Gasteiger partial charge in [-0.2, -0.15) is 0 Å². The molecule has 0 aromatic heterocycles. The van der Waals surface area contributed by atoms with E-state index in [0.717, 1.165) is 18.4 Å². The highest BCUT2D eigenvalue weighted by molar-refractivity contribution is 5.82. The van der Waals surface area contributed by atoms with Crippen molar-refractivity contribution in [3.63, 3.8) is 0 Å². The first-order valence-corrected chi connectivity index (χ1v) is 4.56. The highest BCUT2D eigenvalue weighted by atomic mass is 15.1. The lowest BCUT2D eigenvalue weighted by atomic mass is 10.2. The van der Waals surface area contributed by atoms with E-state index < -0.39 is 0 Å². The largest absolute Gasteiger partial charge is 0.386 e. The number of likely N-dealkylation sites (N-methyl/N-ethyl adjacent to an activating group) is 1. The van der Waals surface area contributed by atoms with Crippen LogP contribution in [0.25, 0.3) is 0 Å². The molecule has 1 aliphatic carbocycles. The third-order valence-corrected chi connectivity index (χ3v) is 2.91. The summed E-state index contributed by atoms with van der Waals surface area (Å²) >= 11 is 0. The fourth-order valence-electron chi connectivity index (χ4n) is 1.42. The Balaban J connectivity index is 2.27. The SMILES string of the molecule is CC1CC1CN(C)C(C)C(=N)N. The minimum Gasteiger partial charge on any atom is -0.386 e. The van der Waals surface area contributed by atoms with E-state index in [9.17, 15) is 0 Å². The van der Waals surface area contributed by atoms with Crippen LogP contribution in [-0.4, -0.2) is 30.4 Å². The molecule has 3 atom stereocenters. The molecule has 12 heavy (non-hydrogen) atoms. The van der Waals surface area contributed by atoms with Crippen molar-refractivity contribution in [2.75, 3.05) is 13.6 Å². The Bertz CT molecular complexity index is 179. The van der Waals surface area contributed by atoms with Gasteiger partial charge >= 0.3 is 0 Å². The number of amidine groups is 1. The maximum atomic E-state index is 7.28. The van der Waals surface area contributed by atoms with Crippen molar-refractivity contribution in [2.45, 2.75) is 26.3 Å². The van der Waals surface area contributed by atoms with E-state index in [-0.39, 0.29) is 11.9 Å². The van der Waals surface area contributed by atoms with E-state index in [2.05, 4.69) is 11.8 Å². The van der Waals surface area contributed by atoms with Gasteiger partial charge in [0.25, 0.3) is 0 Å². The molecule has 70 valence electrons. The first kappa shape index (κ1) is 9.52. The van der Waals surface area contributed by atoms with Crippen molar-refractivity contribution >= 4 is 5.84 Å². The maximum Gasteiger partial charge on any atom is 0.108 e. The van der Waals surface area contributed by atoms with E-state index in [4.69, 9.17) is 11.1 Å². The maximum absolute atomic E-state index is 7.28. The zero-order valence-corrected chi connectivity index (χ0v) is 8.17. The Labute approximate surface area is 74.4 Å². The van der Waals surface area contributed by atoms with Crippen LogP contribution in [0.4, 0.5) is 0 Å². The van der Waals surface area contributed by atoms with Gasteiger partial charge in [0, 0.05) is 6.54 Å². The topological polar surface area (TPSA) is 53.1 Å². The predicted molar refractivity (Wildman–Crippen MR) is 51.3 cm³/mol.